The summed E-state index contributed by atoms with van der Waals surface area (Å²) in [6.45, 7) is 1.80. The molecule has 0 radical (unpaired) electrons. The largest absolute Gasteiger partial charge is 0.346 e. The smallest absolute Gasteiger partial charge is 0.322 e. The van der Waals surface area contributed by atoms with Gasteiger partial charge >= 0.3 is 6.03 Å². The SMILES string of the molecule is O=C(NCc1ccc(Cl)cc1)c1nnsc1NC(=O)N1CCCCC1. The Morgan fingerprint density at radius 3 is 2.60 bits per heavy atom. The molecule has 1 aliphatic rings. The molecule has 3 amide bonds. The number of carbonyl (C=O) groups excluding carboxylic acids is 2. The summed E-state index contributed by atoms with van der Waals surface area (Å²) in [4.78, 5) is 26.3. The van der Waals surface area contributed by atoms with E-state index in [-0.39, 0.29) is 17.6 Å². The summed E-state index contributed by atoms with van der Waals surface area (Å²) < 4.78 is 3.79. The second-order valence-corrected chi connectivity index (χ2v) is 6.93. The number of hydrogen-bond donors (Lipinski definition) is 2. The van der Waals surface area contributed by atoms with E-state index in [1.807, 2.05) is 12.1 Å². The Labute approximate surface area is 154 Å². The number of nitrogens with zero attached hydrogens (tertiary/aromatic N) is 3. The van der Waals surface area contributed by atoms with Crippen molar-refractivity contribution >= 4 is 40.1 Å². The second-order valence-electron chi connectivity index (χ2n) is 5.74. The highest BCUT2D eigenvalue weighted by Gasteiger charge is 2.22. The summed E-state index contributed by atoms with van der Waals surface area (Å²) in [7, 11) is 0. The van der Waals surface area contributed by atoms with Crippen LogP contribution in [0.15, 0.2) is 24.3 Å². The van der Waals surface area contributed by atoms with Gasteiger partial charge in [-0.3, -0.25) is 10.1 Å². The van der Waals surface area contributed by atoms with Crippen molar-refractivity contribution in [1.82, 2.24) is 19.8 Å². The van der Waals surface area contributed by atoms with Crippen LogP contribution in [0.25, 0.3) is 0 Å². The van der Waals surface area contributed by atoms with E-state index in [0.29, 0.717) is 16.6 Å². The third-order valence-electron chi connectivity index (χ3n) is 3.93. The van der Waals surface area contributed by atoms with E-state index < -0.39 is 0 Å². The van der Waals surface area contributed by atoms with E-state index in [2.05, 4.69) is 20.2 Å². The Hall–Kier alpha value is -2.19. The van der Waals surface area contributed by atoms with Crippen molar-refractivity contribution in [3.8, 4) is 0 Å². The Morgan fingerprint density at radius 1 is 1.16 bits per heavy atom. The molecule has 25 heavy (non-hydrogen) atoms. The van der Waals surface area contributed by atoms with Gasteiger partial charge in [0.05, 0.1) is 0 Å². The lowest BCUT2D eigenvalue weighted by Gasteiger charge is -2.26. The summed E-state index contributed by atoms with van der Waals surface area (Å²) >= 11 is 6.84. The van der Waals surface area contributed by atoms with E-state index in [4.69, 9.17) is 11.6 Å². The molecule has 2 aromatic rings. The van der Waals surface area contributed by atoms with Crippen LogP contribution in [0.1, 0.15) is 35.3 Å². The van der Waals surface area contributed by atoms with Crippen LogP contribution in [0, 0.1) is 0 Å². The maximum Gasteiger partial charge on any atom is 0.322 e. The summed E-state index contributed by atoms with van der Waals surface area (Å²) in [5.74, 6) is -0.377. The van der Waals surface area contributed by atoms with E-state index in [1.165, 1.54) is 0 Å². The van der Waals surface area contributed by atoms with Gasteiger partial charge in [-0.1, -0.05) is 28.2 Å². The van der Waals surface area contributed by atoms with Gasteiger partial charge in [0.15, 0.2) is 10.7 Å². The number of rotatable bonds is 4. The zero-order chi connectivity index (χ0) is 17.6. The topological polar surface area (TPSA) is 87.2 Å². The third-order valence-corrected chi connectivity index (χ3v) is 4.83. The fraction of sp³-hybridized carbons (Fsp3) is 0.375. The number of anilines is 1. The molecular formula is C16H18ClN5O2S. The number of likely N-dealkylation sites (tertiary alicyclic amines) is 1. The Kier molecular flexibility index (Phi) is 5.83. The number of amides is 3. The number of aromatic nitrogens is 2. The van der Waals surface area contributed by atoms with Gasteiger partial charge in [0.1, 0.15) is 0 Å². The Bertz CT molecular complexity index is 743. The first kappa shape index (κ1) is 17.6. The monoisotopic (exact) mass is 379 g/mol. The first-order chi connectivity index (χ1) is 12.1. The highest BCUT2D eigenvalue weighted by molar-refractivity contribution is 7.10. The molecule has 1 aromatic heterocycles. The molecule has 9 heteroatoms. The van der Waals surface area contributed by atoms with Gasteiger partial charge < -0.3 is 10.2 Å². The summed E-state index contributed by atoms with van der Waals surface area (Å²) in [5.41, 5.74) is 1.05. The summed E-state index contributed by atoms with van der Waals surface area (Å²) in [6, 6.07) is 6.98. The van der Waals surface area contributed by atoms with E-state index in [0.717, 1.165) is 49.4 Å². The van der Waals surface area contributed by atoms with Crippen LogP contribution < -0.4 is 10.6 Å². The predicted octanol–water partition coefficient (Wildman–Crippen LogP) is 3.14. The number of carbonyl (C=O) groups is 2. The lowest BCUT2D eigenvalue weighted by atomic mass is 10.1. The third kappa shape index (κ3) is 4.67. The molecule has 1 saturated heterocycles. The molecule has 1 aliphatic heterocycles. The minimum Gasteiger partial charge on any atom is -0.346 e. The molecule has 0 bridgehead atoms. The summed E-state index contributed by atoms with van der Waals surface area (Å²) in [5, 5.41) is 10.4. The van der Waals surface area contributed by atoms with E-state index >= 15 is 0 Å². The van der Waals surface area contributed by atoms with Crippen molar-refractivity contribution < 1.29 is 9.59 Å². The number of piperidine rings is 1. The molecule has 2 heterocycles. The van der Waals surface area contributed by atoms with Gasteiger partial charge in [-0.25, -0.2) is 4.79 Å². The van der Waals surface area contributed by atoms with Crippen LogP contribution in [0.3, 0.4) is 0 Å². The van der Waals surface area contributed by atoms with Crippen molar-refractivity contribution in [3.63, 3.8) is 0 Å². The maximum atomic E-state index is 12.3. The zero-order valence-corrected chi connectivity index (χ0v) is 15.1. The van der Waals surface area contributed by atoms with Crippen molar-refractivity contribution in [2.75, 3.05) is 18.4 Å². The molecule has 0 unspecified atom stereocenters. The van der Waals surface area contributed by atoms with Crippen LogP contribution in [-0.2, 0) is 6.54 Å². The number of nitrogens with one attached hydrogen (secondary N) is 2. The zero-order valence-electron chi connectivity index (χ0n) is 13.5. The fourth-order valence-corrected chi connectivity index (χ4v) is 3.25. The average molecular weight is 380 g/mol. The molecule has 2 N–H and O–H groups in total. The average Bonchev–Trinajstić information content (AvgIpc) is 3.10. The number of hydrogen-bond acceptors (Lipinski definition) is 5. The van der Waals surface area contributed by atoms with Crippen molar-refractivity contribution in [2.45, 2.75) is 25.8 Å². The Morgan fingerprint density at radius 2 is 1.88 bits per heavy atom. The number of halogens is 1. The molecule has 0 atom stereocenters. The minimum absolute atomic E-state index is 0.129. The van der Waals surface area contributed by atoms with Crippen LogP contribution in [0.4, 0.5) is 9.80 Å². The predicted molar refractivity (Wildman–Crippen MR) is 97.0 cm³/mol. The van der Waals surface area contributed by atoms with E-state index in [9.17, 15) is 9.59 Å². The van der Waals surface area contributed by atoms with Crippen LogP contribution >= 0.6 is 23.1 Å². The van der Waals surface area contributed by atoms with Crippen molar-refractivity contribution in [1.29, 1.82) is 0 Å². The molecule has 0 saturated carbocycles. The lowest BCUT2D eigenvalue weighted by molar-refractivity contribution is 0.0946. The molecule has 132 valence electrons. The minimum atomic E-state index is -0.377. The molecule has 1 aromatic carbocycles. The van der Waals surface area contributed by atoms with Gasteiger partial charge in [0, 0.05) is 36.2 Å². The first-order valence-electron chi connectivity index (χ1n) is 8.04. The van der Waals surface area contributed by atoms with Gasteiger partial charge in [0.25, 0.3) is 5.91 Å². The quantitative estimate of drug-likeness (QED) is 0.854. The van der Waals surface area contributed by atoms with Crippen LogP contribution in [-0.4, -0.2) is 39.5 Å². The van der Waals surface area contributed by atoms with E-state index in [1.54, 1.807) is 17.0 Å². The highest BCUT2D eigenvalue weighted by atomic mass is 35.5. The van der Waals surface area contributed by atoms with Crippen molar-refractivity contribution in [3.05, 3.63) is 40.5 Å². The normalized spacial score (nSPS) is 14.2. The van der Waals surface area contributed by atoms with Crippen LogP contribution in [0.5, 0.6) is 0 Å². The first-order valence-corrected chi connectivity index (χ1v) is 9.19. The van der Waals surface area contributed by atoms with Crippen LogP contribution in [0.2, 0.25) is 5.02 Å². The molecule has 7 nitrogen and oxygen atoms in total. The highest BCUT2D eigenvalue weighted by Crippen LogP contribution is 2.19. The molecule has 0 spiro atoms. The lowest BCUT2D eigenvalue weighted by Crippen LogP contribution is -2.39. The van der Waals surface area contributed by atoms with Gasteiger partial charge in [0.2, 0.25) is 0 Å². The maximum absolute atomic E-state index is 12.3. The Balaban J connectivity index is 1.59. The summed E-state index contributed by atoms with van der Waals surface area (Å²) in [6.07, 6.45) is 3.15. The molecule has 0 aliphatic carbocycles. The van der Waals surface area contributed by atoms with Gasteiger partial charge in [-0.05, 0) is 37.0 Å². The standard InChI is InChI=1S/C16H18ClN5O2S/c17-12-6-4-11(5-7-12)10-18-14(23)13-15(25-21-20-13)19-16(24)22-8-2-1-3-9-22/h4-7H,1-3,8-10H2,(H,18,23)(H,19,24). The molecular weight excluding hydrogens is 362 g/mol. The molecule has 3 rings (SSSR count). The fourth-order valence-electron chi connectivity index (χ4n) is 2.56. The van der Waals surface area contributed by atoms with Crippen molar-refractivity contribution in [2.24, 2.45) is 0 Å². The van der Waals surface area contributed by atoms with Gasteiger partial charge in [-0.15, -0.1) is 5.10 Å². The second kappa shape index (κ2) is 8.26. The molecule has 1 fully saturated rings. The van der Waals surface area contributed by atoms with Gasteiger partial charge in [-0.2, -0.15) is 0 Å². The number of urea groups is 1. The number of benzene rings is 1.